The average Bonchev–Trinajstić information content (AvgIpc) is 3.16. The van der Waals surface area contributed by atoms with Crippen LogP contribution in [0.1, 0.15) is 0 Å². The molecule has 0 unspecified atom stereocenters. The van der Waals surface area contributed by atoms with Crippen molar-refractivity contribution in [2.24, 2.45) is 0 Å². The Morgan fingerprint density at radius 3 is 2.62 bits per heavy atom. The Morgan fingerprint density at radius 2 is 1.69 bits per heavy atom. The molecule has 5 aromatic rings. The van der Waals surface area contributed by atoms with Crippen molar-refractivity contribution in [3.63, 3.8) is 0 Å². The van der Waals surface area contributed by atoms with Crippen LogP contribution in [0.25, 0.3) is 32.2 Å². The van der Waals surface area contributed by atoms with Crippen LogP contribution in [0.4, 0.5) is 11.5 Å². The highest BCUT2D eigenvalue weighted by Gasteiger charge is 2.07. The van der Waals surface area contributed by atoms with Crippen LogP contribution in [-0.2, 0) is 0 Å². The van der Waals surface area contributed by atoms with Gasteiger partial charge in [-0.3, -0.25) is 4.98 Å². The molecule has 0 fully saturated rings. The lowest BCUT2D eigenvalue weighted by atomic mass is 10.1. The Morgan fingerprint density at radius 1 is 0.769 bits per heavy atom. The van der Waals surface area contributed by atoms with Gasteiger partial charge in [0.2, 0.25) is 0 Å². The Kier molecular flexibility index (Phi) is 3.54. The van der Waals surface area contributed by atoms with Crippen LogP contribution in [-0.4, -0.2) is 19.9 Å². The zero-order chi connectivity index (χ0) is 17.3. The topological polar surface area (TPSA) is 63.6 Å². The molecule has 0 radical (unpaired) electrons. The van der Waals surface area contributed by atoms with Gasteiger partial charge in [0, 0.05) is 23.5 Å². The second-order valence-electron chi connectivity index (χ2n) is 5.85. The minimum absolute atomic E-state index is 0.783. The Bertz CT molecular complexity index is 1220. The standard InChI is InChI=1S/C20H13N5S/c1-3-16-17(9-14(1)13-5-7-21-8-6-13)22-11-23-20(16)25-15-2-4-19-18(10-15)24-12-26-19/h1-12H,(H,22,23,25). The van der Waals surface area contributed by atoms with Crippen molar-refractivity contribution < 1.29 is 0 Å². The molecule has 0 bridgehead atoms. The van der Waals surface area contributed by atoms with E-state index in [0.717, 1.165) is 39.1 Å². The maximum Gasteiger partial charge on any atom is 0.141 e. The molecular formula is C20H13N5S. The maximum atomic E-state index is 4.43. The zero-order valence-electron chi connectivity index (χ0n) is 13.6. The first-order valence-electron chi connectivity index (χ1n) is 8.12. The summed E-state index contributed by atoms with van der Waals surface area (Å²) in [5, 5.41) is 4.37. The lowest BCUT2D eigenvalue weighted by Crippen LogP contribution is -1.96. The smallest absolute Gasteiger partial charge is 0.141 e. The largest absolute Gasteiger partial charge is 0.340 e. The number of thiazole rings is 1. The van der Waals surface area contributed by atoms with Crippen LogP contribution in [0.5, 0.6) is 0 Å². The van der Waals surface area contributed by atoms with Gasteiger partial charge in [-0.2, -0.15) is 0 Å². The van der Waals surface area contributed by atoms with Gasteiger partial charge in [-0.05, 0) is 53.6 Å². The van der Waals surface area contributed by atoms with Gasteiger partial charge in [-0.25, -0.2) is 15.0 Å². The third-order valence-electron chi connectivity index (χ3n) is 4.24. The summed E-state index contributed by atoms with van der Waals surface area (Å²) in [6.07, 6.45) is 5.17. The van der Waals surface area contributed by atoms with E-state index < -0.39 is 0 Å². The summed E-state index contributed by atoms with van der Waals surface area (Å²) in [7, 11) is 0. The van der Waals surface area contributed by atoms with E-state index in [1.807, 2.05) is 29.8 Å². The van der Waals surface area contributed by atoms with Crippen LogP contribution in [0.15, 0.2) is 72.8 Å². The first-order valence-corrected chi connectivity index (χ1v) is 9.00. The van der Waals surface area contributed by atoms with E-state index >= 15 is 0 Å². The van der Waals surface area contributed by atoms with Crippen LogP contribution < -0.4 is 5.32 Å². The fourth-order valence-corrected chi connectivity index (χ4v) is 3.61. The molecule has 0 spiro atoms. The highest BCUT2D eigenvalue weighted by molar-refractivity contribution is 7.16. The normalized spacial score (nSPS) is 11.1. The number of anilines is 2. The van der Waals surface area contributed by atoms with Gasteiger partial charge in [0.1, 0.15) is 12.1 Å². The number of pyridine rings is 1. The number of hydrogen-bond donors (Lipinski definition) is 1. The van der Waals surface area contributed by atoms with E-state index in [2.05, 4.69) is 49.5 Å². The maximum absolute atomic E-state index is 4.43. The molecule has 3 heterocycles. The number of fused-ring (bicyclic) bond motifs is 2. The third kappa shape index (κ3) is 2.66. The van der Waals surface area contributed by atoms with Crippen LogP contribution >= 0.6 is 11.3 Å². The van der Waals surface area contributed by atoms with Crippen molar-refractivity contribution in [2.75, 3.05) is 5.32 Å². The fourth-order valence-electron chi connectivity index (χ4n) is 2.95. The van der Waals surface area contributed by atoms with Crippen molar-refractivity contribution in [3.05, 3.63) is 72.8 Å². The average molecular weight is 355 g/mol. The summed E-state index contributed by atoms with van der Waals surface area (Å²) in [5.74, 6) is 0.783. The van der Waals surface area contributed by atoms with Crippen LogP contribution in [0.2, 0.25) is 0 Å². The molecular weight excluding hydrogens is 342 g/mol. The van der Waals surface area contributed by atoms with Crippen molar-refractivity contribution in [1.82, 2.24) is 19.9 Å². The second kappa shape index (κ2) is 6.16. The summed E-state index contributed by atoms with van der Waals surface area (Å²) in [5.41, 5.74) is 6.92. The molecule has 2 aromatic carbocycles. The molecule has 3 aromatic heterocycles. The lowest BCUT2D eigenvalue weighted by molar-refractivity contribution is 1.22. The molecule has 6 heteroatoms. The van der Waals surface area contributed by atoms with Gasteiger partial charge in [0.25, 0.3) is 0 Å². The van der Waals surface area contributed by atoms with E-state index in [9.17, 15) is 0 Å². The minimum Gasteiger partial charge on any atom is -0.340 e. The Labute approximate surface area is 153 Å². The van der Waals surface area contributed by atoms with Gasteiger partial charge < -0.3 is 5.32 Å². The van der Waals surface area contributed by atoms with Crippen molar-refractivity contribution in [1.29, 1.82) is 0 Å². The summed E-state index contributed by atoms with van der Waals surface area (Å²) in [4.78, 5) is 17.3. The van der Waals surface area contributed by atoms with E-state index in [1.165, 1.54) is 4.70 Å². The van der Waals surface area contributed by atoms with Crippen molar-refractivity contribution in [3.8, 4) is 11.1 Å². The number of benzene rings is 2. The van der Waals surface area contributed by atoms with Crippen LogP contribution in [0.3, 0.4) is 0 Å². The van der Waals surface area contributed by atoms with Gasteiger partial charge >= 0.3 is 0 Å². The molecule has 0 aliphatic heterocycles. The van der Waals surface area contributed by atoms with Gasteiger partial charge in [0.15, 0.2) is 0 Å². The first-order chi connectivity index (χ1) is 12.9. The van der Waals surface area contributed by atoms with Gasteiger partial charge in [-0.1, -0.05) is 6.07 Å². The molecule has 0 saturated heterocycles. The van der Waals surface area contributed by atoms with Crippen LogP contribution in [0, 0.1) is 0 Å². The Balaban J connectivity index is 1.55. The molecule has 124 valence electrons. The predicted octanol–water partition coefficient (Wildman–Crippen LogP) is 5.05. The molecule has 0 amide bonds. The lowest BCUT2D eigenvalue weighted by Gasteiger charge is -2.09. The number of nitrogens with one attached hydrogen (secondary N) is 1. The summed E-state index contributed by atoms with van der Waals surface area (Å²) in [6, 6.07) is 16.3. The SMILES string of the molecule is c1cc(-c2ccc3c(Nc4ccc5scnc5c4)ncnc3c2)ccn1. The van der Waals surface area contributed by atoms with E-state index in [4.69, 9.17) is 0 Å². The molecule has 0 saturated carbocycles. The highest BCUT2D eigenvalue weighted by atomic mass is 32.1. The summed E-state index contributed by atoms with van der Waals surface area (Å²) < 4.78 is 1.17. The van der Waals surface area contributed by atoms with E-state index in [-0.39, 0.29) is 0 Å². The van der Waals surface area contributed by atoms with E-state index in [1.54, 1.807) is 30.1 Å². The summed E-state index contributed by atoms with van der Waals surface area (Å²) >= 11 is 1.64. The van der Waals surface area contributed by atoms with Gasteiger partial charge in [-0.15, -0.1) is 11.3 Å². The molecule has 0 atom stereocenters. The predicted molar refractivity (Wildman–Crippen MR) is 106 cm³/mol. The molecule has 0 aliphatic rings. The zero-order valence-corrected chi connectivity index (χ0v) is 14.4. The molecule has 0 aliphatic carbocycles. The monoisotopic (exact) mass is 355 g/mol. The number of rotatable bonds is 3. The van der Waals surface area contributed by atoms with E-state index in [0.29, 0.717) is 0 Å². The third-order valence-corrected chi connectivity index (χ3v) is 5.05. The van der Waals surface area contributed by atoms with Gasteiger partial charge in [0.05, 0.1) is 21.2 Å². The number of aromatic nitrogens is 4. The minimum atomic E-state index is 0.783. The second-order valence-corrected chi connectivity index (χ2v) is 6.74. The molecule has 26 heavy (non-hydrogen) atoms. The van der Waals surface area contributed by atoms with Crippen molar-refractivity contribution in [2.45, 2.75) is 0 Å². The first kappa shape index (κ1) is 14.9. The Hall–Kier alpha value is -3.38. The fraction of sp³-hybridized carbons (Fsp3) is 0. The highest BCUT2D eigenvalue weighted by Crippen LogP contribution is 2.29. The molecule has 5 nitrogen and oxygen atoms in total. The quantitative estimate of drug-likeness (QED) is 0.491. The molecule has 5 rings (SSSR count). The van der Waals surface area contributed by atoms with Crippen molar-refractivity contribution >= 4 is 44.0 Å². The number of hydrogen-bond acceptors (Lipinski definition) is 6. The number of nitrogens with zero attached hydrogens (tertiary/aromatic N) is 4. The summed E-state index contributed by atoms with van der Waals surface area (Å²) in [6.45, 7) is 0. The molecule has 1 N–H and O–H groups in total.